The van der Waals surface area contributed by atoms with Crippen molar-refractivity contribution in [2.24, 2.45) is 5.10 Å². The van der Waals surface area contributed by atoms with Crippen molar-refractivity contribution in [1.29, 1.82) is 0 Å². The lowest BCUT2D eigenvalue weighted by Gasteiger charge is -2.28. The standard InChI is InChI=1S/C28H31IN4O10/c1-6-41-27(36)24-15(2)31-28(37)32-25(24)17-7-8-19(20(11-17)38-3)42-13-22(34)33-30-12-16-9-18(29)26(21(10-16)39-4)43-14-23(35)40-5/h7-12,25H,6,13-14H2,1-5H3,(H,33,34)(H2,31,32,37)/b30-12-/t25-/m1/s1. The predicted octanol–water partition coefficient (Wildman–Crippen LogP) is 2.58. The molecule has 3 rings (SSSR count). The van der Waals surface area contributed by atoms with Crippen molar-refractivity contribution in [1.82, 2.24) is 16.1 Å². The number of rotatable bonds is 13. The number of ether oxygens (including phenoxy) is 6. The van der Waals surface area contributed by atoms with Gasteiger partial charge >= 0.3 is 18.0 Å². The van der Waals surface area contributed by atoms with E-state index in [9.17, 15) is 19.2 Å². The van der Waals surface area contributed by atoms with Gasteiger partial charge in [-0.3, -0.25) is 4.79 Å². The fourth-order valence-corrected chi connectivity index (χ4v) is 4.69. The fourth-order valence-electron chi connectivity index (χ4n) is 3.91. The minimum atomic E-state index is -0.788. The van der Waals surface area contributed by atoms with Crippen LogP contribution in [0.3, 0.4) is 0 Å². The highest BCUT2D eigenvalue weighted by Crippen LogP contribution is 2.35. The molecule has 2 aromatic carbocycles. The average molecular weight is 710 g/mol. The summed E-state index contributed by atoms with van der Waals surface area (Å²) < 4.78 is 32.3. The Labute approximate surface area is 261 Å². The van der Waals surface area contributed by atoms with Crippen molar-refractivity contribution in [3.63, 3.8) is 0 Å². The minimum absolute atomic E-state index is 0.172. The molecule has 1 aliphatic heterocycles. The Morgan fingerprint density at radius 3 is 2.44 bits per heavy atom. The smallest absolute Gasteiger partial charge is 0.343 e. The van der Waals surface area contributed by atoms with Gasteiger partial charge in [-0.1, -0.05) is 6.07 Å². The monoisotopic (exact) mass is 710 g/mol. The van der Waals surface area contributed by atoms with E-state index >= 15 is 0 Å². The number of carbonyl (C=O) groups excluding carboxylic acids is 4. The summed E-state index contributed by atoms with van der Waals surface area (Å²) in [6.45, 7) is 2.81. The molecule has 0 radical (unpaired) electrons. The molecular weight excluding hydrogens is 679 g/mol. The quantitative estimate of drug-likeness (QED) is 0.122. The lowest BCUT2D eigenvalue weighted by molar-refractivity contribution is -0.143. The van der Waals surface area contributed by atoms with E-state index in [-0.39, 0.29) is 36.9 Å². The minimum Gasteiger partial charge on any atom is -0.493 e. The number of hydrogen-bond donors (Lipinski definition) is 3. The largest absolute Gasteiger partial charge is 0.493 e. The Hall–Kier alpha value is -4.54. The maximum Gasteiger partial charge on any atom is 0.343 e. The summed E-state index contributed by atoms with van der Waals surface area (Å²) in [4.78, 5) is 48.5. The molecule has 15 heteroatoms. The van der Waals surface area contributed by atoms with Crippen LogP contribution in [0, 0.1) is 3.57 Å². The molecule has 0 aliphatic carbocycles. The highest BCUT2D eigenvalue weighted by molar-refractivity contribution is 14.1. The van der Waals surface area contributed by atoms with E-state index in [1.165, 1.54) is 27.5 Å². The number of halogens is 1. The molecule has 0 bridgehead atoms. The highest BCUT2D eigenvalue weighted by atomic mass is 127. The number of urea groups is 1. The van der Waals surface area contributed by atoms with Crippen molar-refractivity contribution in [2.75, 3.05) is 41.2 Å². The van der Waals surface area contributed by atoms with Gasteiger partial charge in [0.1, 0.15) is 0 Å². The lowest BCUT2D eigenvalue weighted by Crippen LogP contribution is -2.45. The van der Waals surface area contributed by atoms with Crippen LogP contribution in [0.1, 0.15) is 31.0 Å². The molecule has 0 spiro atoms. The molecule has 1 heterocycles. The topological polar surface area (TPSA) is 172 Å². The van der Waals surface area contributed by atoms with Crippen LogP contribution in [0.4, 0.5) is 4.79 Å². The molecule has 230 valence electrons. The molecule has 43 heavy (non-hydrogen) atoms. The first kappa shape index (κ1) is 33.0. The van der Waals surface area contributed by atoms with E-state index in [4.69, 9.17) is 23.7 Å². The lowest BCUT2D eigenvalue weighted by atomic mass is 9.95. The Morgan fingerprint density at radius 2 is 1.77 bits per heavy atom. The number of hydrazone groups is 1. The summed E-state index contributed by atoms with van der Waals surface area (Å²) in [5.41, 5.74) is 4.15. The Balaban J connectivity index is 1.65. The summed E-state index contributed by atoms with van der Waals surface area (Å²) in [5.74, 6) is -0.377. The van der Waals surface area contributed by atoms with Crippen LogP contribution in [0.15, 0.2) is 46.7 Å². The molecular formula is C28H31IN4O10. The molecule has 0 saturated carbocycles. The van der Waals surface area contributed by atoms with Crippen molar-refractivity contribution in [3.05, 3.63) is 56.3 Å². The van der Waals surface area contributed by atoms with Gasteiger partial charge in [-0.05, 0) is 71.8 Å². The van der Waals surface area contributed by atoms with E-state index in [2.05, 4.69) is 25.9 Å². The van der Waals surface area contributed by atoms with Gasteiger partial charge < -0.3 is 39.1 Å². The molecule has 1 atom stereocenters. The van der Waals surface area contributed by atoms with Crippen LogP contribution in [-0.4, -0.2) is 71.2 Å². The zero-order valence-electron chi connectivity index (χ0n) is 24.1. The zero-order valence-corrected chi connectivity index (χ0v) is 26.2. The van der Waals surface area contributed by atoms with Crippen LogP contribution >= 0.6 is 22.6 Å². The zero-order chi connectivity index (χ0) is 31.5. The summed E-state index contributed by atoms with van der Waals surface area (Å²) in [5, 5.41) is 9.25. The van der Waals surface area contributed by atoms with Crippen molar-refractivity contribution in [2.45, 2.75) is 19.9 Å². The third kappa shape index (κ3) is 8.73. The Kier molecular flexibility index (Phi) is 12.0. The van der Waals surface area contributed by atoms with E-state index in [0.717, 1.165) is 0 Å². The second kappa shape index (κ2) is 15.6. The van der Waals surface area contributed by atoms with Gasteiger partial charge in [-0.15, -0.1) is 0 Å². The normalized spacial score (nSPS) is 14.4. The van der Waals surface area contributed by atoms with Crippen LogP contribution in [-0.2, 0) is 23.9 Å². The second-order valence-electron chi connectivity index (χ2n) is 8.68. The molecule has 0 unspecified atom stereocenters. The van der Waals surface area contributed by atoms with Gasteiger partial charge in [0.15, 0.2) is 36.2 Å². The Morgan fingerprint density at radius 1 is 1.02 bits per heavy atom. The predicted molar refractivity (Wildman–Crippen MR) is 161 cm³/mol. The van der Waals surface area contributed by atoms with Crippen LogP contribution in [0.5, 0.6) is 23.0 Å². The Bertz CT molecular complexity index is 1440. The maximum absolute atomic E-state index is 12.6. The van der Waals surface area contributed by atoms with Gasteiger partial charge in [-0.25, -0.2) is 19.8 Å². The van der Waals surface area contributed by atoms with E-state index in [0.29, 0.717) is 31.9 Å². The number of carbonyl (C=O) groups is 4. The first-order valence-corrected chi connectivity index (χ1v) is 13.8. The van der Waals surface area contributed by atoms with E-state index in [1.54, 1.807) is 44.2 Å². The number of hydrogen-bond acceptors (Lipinski definition) is 11. The SMILES string of the molecule is CCOC(=O)C1=C(C)NC(=O)N[C@@H]1c1ccc(OCC(=O)N/N=C\c2cc(I)c(OCC(=O)OC)c(OC)c2)c(OC)c1. The molecule has 3 amide bonds. The van der Waals surface area contributed by atoms with Crippen LogP contribution in [0.25, 0.3) is 0 Å². The first-order valence-electron chi connectivity index (χ1n) is 12.8. The third-order valence-electron chi connectivity index (χ3n) is 5.86. The third-order valence-corrected chi connectivity index (χ3v) is 6.66. The molecule has 14 nitrogen and oxygen atoms in total. The van der Waals surface area contributed by atoms with E-state index < -0.39 is 29.9 Å². The van der Waals surface area contributed by atoms with Gasteiger partial charge in [0.2, 0.25) is 0 Å². The summed E-state index contributed by atoms with van der Waals surface area (Å²) in [6.07, 6.45) is 1.41. The van der Waals surface area contributed by atoms with Gasteiger partial charge in [0.05, 0.1) is 49.3 Å². The number of esters is 2. The molecule has 0 saturated heterocycles. The second-order valence-corrected chi connectivity index (χ2v) is 9.84. The molecule has 0 aromatic heterocycles. The molecule has 3 N–H and O–H groups in total. The number of nitrogens with one attached hydrogen (secondary N) is 3. The molecule has 2 aromatic rings. The maximum atomic E-state index is 12.6. The number of nitrogens with zero attached hydrogens (tertiary/aromatic N) is 1. The van der Waals surface area contributed by atoms with Gasteiger partial charge in [0.25, 0.3) is 5.91 Å². The van der Waals surface area contributed by atoms with Gasteiger partial charge in [-0.2, -0.15) is 5.10 Å². The van der Waals surface area contributed by atoms with Crippen molar-refractivity contribution in [3.8, 4) is 23.0 Å². The van der Waals surface area contributed by atoms with Crippen molar-refractivity contribution >= 4 is 52.7 Å². The van der Waals surface area contributed by atoms with E-state index in [1.807, 2.05) is 22.6 Å². The van der Waals surface area contributed by atoms with Crippen LogP contribution in [0.2, 0.25) is 0 Å². The summed E-state index contributed by atoms with van der Waals surface area (Å²) in [7, 11) is 4.14. The molecule has 1 aliphatic rings. The van der Waals surface area contributed by atoms with Crippen LogP contribution < -0.4 is 35.0 Å². The first-order chi connectivity index (χ1) is 20.6. The number of allylic oxidation sites excluding steroid dienone is 1. The van der Waals surface area contributed by atoms with Gasteiger partial charge in [0, 0.05) is 5.70 Å². The number of benzene rings is 2. The fraction of sp³-hybridized carbons (Fsp3) is 0.321. The summed E-state index contributed by atoms with van der Waals surface area (Å²) >= 11 is 2.02. The summed E-state index contributed by atoms with van der Waals surface area (Å²) in [6, 6.07) is 6.90. The van der Waals surface area contributed by atoms with Crippen molar-refractivity contribution < 1.29 is 47.6 Å². The number of methoxy groups -OCH3 is 3. The number of amides is 3. The average Bonchev–Trinajstić information content (AvgIpc) is 2.98. The molecule has 0 fully saturated rings. The highest BCUT2D eigenvalue weighted by Gasteiger charge is 2.32.